The van der Waals surface area contributed by atoms with Crippen molar-refractivity contribution in [3.63, 3.8) is 0 Å². The Morgan fingerprint density at radius 1 is 1.62 bits per heavy atom. The predicted octanol–water partition coefficient (Wildman–Crippen LogP) is 0.982. The van der Waals surface area contributed by atoms with Crippen LogP contribution >= 0.6 is 0 Å². The molecular weight excluding hydrogens is 166 g/mol. The Kier molecular flexibility index (Phi) is 5.01. The number of carbonyl (C=O) groups excluding carboxylic acids is 1. The summed E-state index contributed by atoms with van der Waals surface area (Å²) in [6.45, 7) is 2.41. The molecule has 1 N–H and O–H groups in total. The fourth-order valence-electron chi connectivity index (χ4n) is 1.64. The first-order valence-electron chi connectivity index (χ1n) is 5.09. The molecule has 76 valence electrons. The summed E-state index contributed by atoms with van der Waals surface area (Å²) < 4.78 is 5.27. The molecule has 0 spiro atoms. The van der Waals surface area contributed by atoms with E-state index in [-0.39, 0.29) is 5.92 Å². The van der Waals surface area contributed by atoms with Crippen molar-refractivity contribution in [2.24, 2.45) is 5.92 Å². The average Bonchev–Trinajstić information content (AvgIpc) is 2.19. The second-order valence-corrected chi connectivity index (χ2v) is 3.59. The van der Waals surface area contributed by atoms with Gasteiger partial charge in [0.15, 0.2) is 0 Å². The zero-order valence-corrected chi connectivity index (χ0v) is 8.34. The van der Waals surface area contributed by atoms with Crippen molar-refractivity contribution in [2.75, 3.05) is 26.8 Å². The molecule has 1 fully saturated rings. The van der Waals surface area contributed by atoms with Crippen LogP contribution in [0.3, 0.4) is 0 Å². The van der Waals surface area contributed by atoms with Gasteiger partial charge in [-0.05, 0) is 32.9 Å². The van der Waals surface area contributed by atoms with Crippen LogP contribution in [0.1, 0.15) is 25.7 Å². The molecule has 0 bridgehead atoms. The first-order chi connectivity index (χ1) is 6.34. The Labute approximate surface area is 79.8 Å². The maximum Gasteiger partial charge on any atom is 0.138 e. The summed E-state index contributed by atoms with van der Waals surface area (Å²) >= 11 is 0. The smallest absolute Gasteiger partial charge is 0.138 e. The summed E-state index contributed by atoms with van der Waals surface area (Å²) in [7, 11) is 1.91. The monoisotopic (exact) mass is 185 g/mol. The van der Waals surface area contributed by atoms with Crippen molar-refractivity contribution >= 4 is 5.78 Å². The van der Waals surface area contributed by atoms with Gasteiger partial charge < -0.3 is 10.1 Å². The van der Waals surface area contributed by atoms with Crippen LogP contribution in [0.25, 0.3) is 0 Å². The molecule has 0 amide bonds. The molecule has 0 aromatic carbocycles. The summed E-state index contributed by atoms with van der Waals surface area (Å²) in [6.07, 6.45) is 3.72. The minimum absolute atomic E-state index is 0.186. The number of hydrogen-bond acceptors (Lipinski definition) is 3. The van der Waals surface area contributed by atoms with Gasteiger partial charge in [-0.25, -0.2) is 0 Å². The maximum absolute atomic E-state index is 11.6. The van der Waals surface area contributed by atoms with Crippen LogP contribution in [0.4, 0.5) is 0 Å². The van der Waals surface area contributed by atoms with Crippen LogP contribution in [0.2, 0.25) is 0 Å². The lowest BCUT2D eigenvalue weighted by atomic mass is 9.95. The number of rotatable bonds is 5. The first kappa shape index (κ1) is 10.7. The molecule has 0 aromatic rings. The minimum atomic E-state index is 0.186. The largest absolute Gasteiger partial charge is 0.381 e. The van der Waals surface area contributed by atoms with E-state index in [1.54, 1.807) is 0 Å². The summed E-state index contributed by atoms with van der Waals surface area (Å²) in [4.78, 5) is 11.6. The van der Waals surface area contributed by atoms with Gasteiger partial charge >= 0.3 is 0 Å². The topological polar surface area (TPSA) is 38.3 Å². The minimum Gasteiger partial charge on any atom is -0.381 e. The quantitative estimate of drug-likeness (QED) is 0.649. The van der Waals surface area contributed by atoms with Crippen LogP contribution in [-0.2, 0) is 9.53 Å². The molecule has 0 aliphatic carbocycles. The Morgan fingerprint density at radius 2 is 2.46 bits per heavy atom. The fourth-order valence-corrected chi connectivity index (χ4v) is 1.64. The van der Waals surface area contributed by atoms with Crippen LogP contribution in [-0.4, -0.2) is 32.6 Å². The number of ketones is 1. The van der Waals surface area contributed by atoms with Crippen molar-refractivity contribution in [2.45, 2.75) is 25.7 Å². The maximum atomic E-state index is 11.6. The van der Waals surface area contributed by atoms with Gasteiger partial charge in [-0.1, -0.05) is 0 Å². The molecule has 1 unspecified atom stereocenters. The van der Waals surface area contributed by atoms with E-state index in [1.807, 2.05) is 7.05 Å². The van der Waals surface area contributed by atoms with Gasteiger partial charge in [-0.2, -0.15) is 0 Å². The molecule has 1 rings (SSSR count). The molecule has 1 saturated heterocycles. The van der Waals surface area contributed by atoms with Crippen molar-refractivity contribution in [1.82, 2.24) is 5.32 Å². The summed E-state index contributed by atoms with van der Waals surface area (Å²) in [5, 5.41) is 3.04. The summed E-state index contributed by atoms with van der Waals surface area (Å²) in [6, 6.07) is 0. The number of ether oxygens (including phenoxy) is 1. The zero-order chi connectivity index (χ0) is 9.52. The van der Waals surface area contributed by atoms with Crippen molar-refractivity contribution in [3.8, 4) is 0 Å². The van der Waals surface area contributed by atoms with Gasteiger partial charge in [0, 0.05) is 18.9 Å². The summed E-state index contributed by atoms with van der Waals surface area (Å²) in [5.41, 5.74) is 0. The van der Waals surface area contributed by atoms with Crippen LogP contribution < -0.4 is 5.32 Å². The lowest BCUT2D eigenvalue weighted by molar-refractivity contribution is -0.126. The first-order valence-corrected chi connectivity index (χ1v) is 5.09. The molecule has 13 heavy (non-hydrogen) atoms. The van der Waals surface area contributed by atoms with Gasteiger partial charge in [-0.3, -0.25) is 4.79 Å². The Morgan fingerprint density at radius 3 is 3.08 bits per heavy atom. The molecule has 1 heterocycles. The van der Waals surface area contributed by atoms with Crippen molar-refractivity contribution < 1.29 is 9.53 Å². The Bertz CT molecular complexity index is 153. The van der Waals surface area contributed by atoms with E-state index >= 15 is 0 Å². The van der Waals surface area contributed by atoms with E-state index in [2.05, 4.69) is 5.32 Å². The molecule has 3 nitrogen and oxygen atoms in total. The van der Waals surface area contributed by atoms with Crippen LogP contribution in [0, 0.1) is 5.92 Å². The normalized spacial score (nSPS) is 23.0. The molecule has 0 radical (unpaired) electrons. The van der Waals surface area contributed by atoms with Crippen LogP contribution in [0.15, 0.2) is 0 Å². The molecule has 0 saturated carbocycles. The molecule has 1 aliphatic heterocycles. The number of Topliss-reactive ketones (excluding diaryl/α,β-unsaturated/α-hetero) is 1. The Hall–Kier alpha value is -0.410. The highest BCUT2D eigenvalue weighted by Crippen LogP contribution is 2.16. The van der Waals surface area contributed by atoms with E-state index in [9.17, 15) is 4.79 Å². The predicted molar refractivity (Wildman–Crippen MR) is 51.7 cm³/mol. The third-order valence-corrected chi connectivity index (χ3v) is 2.47. The zero-order valence-electron chi connectivity index (χ0n) is 8.34. The van der Waals surface area contributed by atoms with E-state index in [1.165, 1.54) is 0 Å². The molecule has 1 aliphatic rings. The standard InChI is InChI=1S/C10H19NO2/c1-11-6-2-5-10(12)9-4-3-7-13-8-9/h9,11H,2-8H2,1H3. The fraction of sp³-hybridized carbons (Fsp3) is 0.900. The lowest BCUT2D eigenvalue weighted by Crippen LogP contribution is -2.25. The van der Waals surface area contributed by atoms with Gasteiger partial charge in [0.05, 0.1) is 6.61 Å². The van der Waals surface area contributed by atoms with Gasteiger partial charge in [-0.15, -0.1) is 0 Å². The van der Waals surface area contributed by atoms with E-state index < -0.39 is 0 Å². The van der Waals surface area contributed by atoms with Crippen molar-refractivity contribution in [1.29, 1.82) is 0 Å². The second-order valence-electron chi connectivity index (χ2n) is 3.59. The third kappa shape index (κ3) is 3.87. The number of nitrogens with one attached hydrogen (secondary N) is 1. The number of hydrogen-bond donors (Lipinski definition) is 1. The Balaban J connectivity index is 2.13. The van der Waals surface area contributed by atoms with Gasteiger partial charge in [0.25, 0.3) is 0 Å². The number of carbonyl (C=O) groups is 1. The van der Waals surface area contributed by atoms with Crippen molar-refractivity contribution in [3.05, 3.63) is 0 Å². The second kappa shape index (κ2) is 6.11. The summed E-state index contributed by atoms with van der Waals surface area (Å²) in [5.74, 6) is 0.570. The highest BCUT2D eigenvalue weighted by atomic mass is 16.5. The van der Waals surface area contributed by atoms with Gasteiger partial charge in [0.2, 0.25) is 0 Å². The molecule has 1 atom stereocenters. The third-order valence-electron chi connectivity index (χ3n) is 2.47. The van der Waals surface area contributed by atoms with Gasteiger partial charge in [0.1, 0.15) is 5.78 Å². The van der Waals surface area contributed by atoms with E-state index in [4.69, 9.17) is 4.74 Å². The van der Waals surface area contributed by atoms with E-state index in [0.29, 0.717) is 18.8 Å². The highest BCUT2D eigenvalue weighted by molar-refractivity contribution is 5.81. The molecule has 3 heteroatoms. The average molecular weight is 185 g/mol. The molecule has 0 aromatic heterocycles. The van der Waals surface area contributed by atoms with E-state index in [0.717, 1.165) is 32.4 Å². The van der Waals surface area contributed by atoms with Crippen LogP contribution in [0.5, 0.6) is 0 Å². The SMILES string of the molecule is CNCCCC(=O)C1CCCOC1. The molecular formula is C10H19NO2. The lowest BCUT2D eigenvalue weighted by Gasteiger charge is -2.20. The highest BCUT2D eigenvalue weighted by Gasteiger charge is 2.20.